The van der Waals surface area contributed by atoms with E-state index in [1.54, 1.807) is 7.11 Å². The predicted octanol–water partition coefficient (Wildman–Crippen LogP) is 0.441. The minimum Gasteiger partial charge on any atom is -0.393 e. The Hall–Kier alpha value is -0.120. The molecule has 60 valence electrons. The van der Waals surface area contributed by atoms with Gasteiger partial charge in [0.2, 0.25) is 0 Å². The Morgan fingerprint density at radius 2 is 1.90 bits per heavy atom. The highest BCUT2D eigenvalue weighted by Crippen LogP contribution is 2.17. The summed E-state index contributed by atoms with van der Waals surface area (Å²) in [4.78, 5) is 4.78. The zero-order valence-corrected chi connectivity index (χ0v) is 6.34. The van der Waals surface area contributed by atoms with Crippen molar-refractivity contribution in [3.8, 4) is 0 Å². The zero-order chi connectivity index (χ0) is 7.40. The van der Waals surface area contributed by atoms with Gasteiger partial charge in [-0.1, -0.05) is 0 Å². The lowest BCUT2D eigenvalue weighted by Gasteiger charge is -2.24. The highest BCUT2D eigenvalue weighted by Gasteiger charge is 2.18. The number of aliphatic hydroxyl groups excluding tert-OH is 1. The summed E-state index contributed by atoms with van der Waals surface area (Å²) in [5, 5.41) is 9.13. The highest BCUT2D eigenvalue weighted by atomic mass is 16.6. The van der Waals surface area contributed by atoms with Crippen molar-refractivity contribution in [2.45, 2.75) is 37.8 Å². The molecule has 0 aromatic carbocycles. The molecule has 0 aliphatic heterocycles. The molecule has 3 heteroatoms. The van der Waals surface area contributed by atoms with Gasteiger partial charge in [0.1, 0.15) is 0 Å². The summed E-state index contributed by atoms with van der Waals surface area (Å²) in [6.07, 6.45) is 3.78. The van der Waals surface area contributed by atoms with E-state index in [0.717, 1.165) is 25.7 Å². The van der Waals surface area contributed by atoms with Crippen molar-refractivity contribution in [1.29, 1.82) is 0 Å². The Labute approximate surface area is 61.3 Å². The van der Waals surface area contributed by atoms with Crippen molar-refractivity contribution >= 4 is 0 Å². The van der Waals surface area contributed by atoms with Crippen LogP contribution in [0.3, 0.4) is 0 Å². The number of rotatable bonds is 2. The number of nitrogens with one attached hydrogen (secondary N) is 1. The Balaban J connectivity index is 2.13. The van der Waals surface area contributed by atoms with Gasteiger partial charge >= 0.3 is 0 Å². The van der Waals surface area contributed by atoms with E-state index in [0.29, 0.717) is 6.04 Å². The Bertz CT molecular complexity index is 89.6. The van der Waals surface area contributed by atoms with Crippen LogP contribution in [0.2, 0.25) is 0 Å². The van der Waals surface area contributed by atoms with Crippen LogP contribution in [0.5, 0.6) is 0 Å². The summed E-state index contributed by atoms with van der Waals surface area (Å²) >= 11 is 0. The molecule has 0 heterocycles. The minimum atomic E-state index is -0.0742. The minimum absolute atomic E-state index is 0.0742. The van der Waals surface area contributed by atoms with Gasteiger partial charge in [-0.05, 0) is 25.7 Å². The first-order chi connectivity index (χ1) is 4.83. The van der Waals surface area contributed by atoms with Crippen molar-refractivity contribution < 1.29 is 9.94 Å². The summed E-state index contributed by atoms with van der Waals surface area (Å²) < 4.78 is 0. The molecule has 0 saturated heterocycles. The van der Waals surface area contributed by atoms with Crippen LogP contribution in [-0.4, -0.2) is 24.4 Å². The first kappa shape index (κ1) is 7.98. The van der Waals surface area contributed by atoms with Crippen molar-refractivity contribution in [3.63, 3.8) is 0 Å². The second-order valence-corrected chi connectivity index (χ2v) is 2.83. The molecule has 0 radical (unpaired) electrons. The molecule has 0 bridgehead atoms. The second-order valence-electron chi connectivity index (χ2n) is 2.83. The molecule has 0 amide bonds. The zero-order valence-electron chi connectivity index (χ0n) is 6.34. The Kier molecular flexibility index (Phi) is 3.12. The van der Waals surface area contributed by atoms with E-state index in [9.17, 15) is 0 Å². The van der Waals surface area contributed by atoms with Crippen LogP contribution < -0.4 is 5.48 Å². The third-order valence-electron chi connectivity index (χ3n) is 1.98. The fraction of sp³-hybridized carbons (Fsp3) is 1.00. The van der Waals surface area contributed by atoms with E-state index >= 15 is 0 Å². The first-order valence-corrected chi connectivity index (χ1v) is 3.79. The van der Waals surface area contributed by atoms with Gasteiger partial charge in [-0.3, -0.25) is 0 Å². The van der Waals surface area contributed by atoms with Gasteiger partial charge in [0.25, 0.3) is 0 Å². The fourth-order valence-corrected chi connectivity index (χ4v) is 1.36. The van der Waals surface area contributed by atoms with Crippen LogP contribution in [0, 0.1) is 0 Å². The molecule has 10 heavy (non-hydrogen) atoms. The molecule has 1 rings (SSSR count). The number of hydroxylamine groups is 1. The normalized spacial score (nSPS) is 34.2. The van der Waals surface area contributed by atoms with E-state index in [4.69, 9.17) is 9.94 Å². The maximum Gasteiger partial charge on any atom is 0.0572 e. The highest BCUT2D eigenvalue weighted by molar-refractivity contribution is 4.73. The smallest absolute Gasteiger partial charge is 0.0572 e. The third kappa shape index (κ3) is 2.25. The summed E-state index contributed by atoms with van der Waals surface area (Å²) in [6, 6.07) is 0.452. The molecule has 1 aliphatic carbocycles. The molecule has 0 unspecified atom stereocenters. The average molecular weight is 145 g/mol. The lowest BCUT2D eigenvalue weighted by molar-refractivity contribution is 0.0273. The molecular formula is C7H15NO2. The summed E-state index contributed by atoms with van der Waals surface area (Å²) in [5.74, 6) is 0. The van der Waals surface area contributed by atoms with E-state index in [1.807, 2.05) is 0 Å². The SMILES string of the molecule is CONC1CCC(O)CC1. The van der Waals surface area contributed by atoms with Gasteiger partial charge in [-0.2, -0.15) is 5.48 Å². The maximum atomic E-state index is 9.13. The van der Waals surface area contributed by atoms with Crippen LogP contribution in [-0.2, 0) is 4.84 Å². The summed E-state index contributed by atoms with van der Waals surface area (Å²) in [7, 11) is 1.63. The van der Waals surface area contributed by atoms with Crippen LogP contribution in [0.4, 0.5) is 0 Å². The van der Waals surface area contributed by atoms with Gasteiger partial charge in [0.05, 0.1) is 13.2 Å². The summed E-state index contributed by atoms with van der Waals surface area (Å²) in [6.45, 7) is 0. The number of aliphatic hydroxyl groups is 1. The van der Waals surface area contributed by atoms with E-state index in [2.05, 4.69) is 5.48 Å². The second kappa shape index (κ2) is 3.91. The third-order valence-corrected chi connectivity index (χ3v) is 1.98. The Morgan fingerprint density at radius 3 is 2.40 bits per heavy atom. The topological polar surface area (TPSA) is 41.5 Å². The van der Waals surface area contributed by atoms with Crippen molar-refractivity contribution in [2.24, 2.45) is 0 Å². The van der Waals surface area contributed by atoms with Crippen LogP contribution in [0.25, 0.3) is 0 Å². The first-order valence-electron chi connectivity index (χ1n) is 3.79. The lowest BCUT2D eigenvalue weighted by Crippen LogP contribution is -2.33. The predicted molar refractivity (Wildman–Crippen MR) is 38.4 cm³/mol. The van der Waals surface area contributed by atoms with Crippen LogP contribution in [0.15, 0.2) is 0 Å². The molecule has 0 spiro atoms. The summed E-state index contributed by atoms with van der Waals surface area (Å²) in [5.41, 5.74) is 2.89. The van der Waals surface area contributed by atoms with Crippen LogP contribution in [0.1, 0.15) is 25.7 Å². The molecule has 0 atom stereocenters. The molecule has 1 saturated carbocycles. The van der Waals surface area contributed by atoms with E-state index in [1.165, 1.54) is 0 Å². The Morgan fingerprint density at radius 1 is 1.30 bits per heavy atom. The fourth-order valence-electron chi connectivity index (χ4n) is 1.36. The van der Waals surface area contributed by atoms with E-state index < -0.39 is 0 Å². The van der Waals surface area contributed by atoms with Gasteiger partial charge in [-0.25, -0.2) is 0 Å². The van der Waals surface area contributed by atoms with Crippen LogP contribution >= 0.6 is 0 Å². The van der Waals surface area contributed by atoms with Gasteiger partial charge < -0.3 is 9.94 Å². The molecule has 2 N–H and O–H groups in total. The quantitative estimate of drug-likeness (QED) is 0.554. The lowest BCUT2D eigenvalue weighted by atomic mass is 9.94. The molecule has 0 aromatic heterocycles. The van der Waals surface area contributed by atoms with Crippen molar-refractivity contribution in [3.05, 3.63) is 0 Å². The average Bonchev–Trinajstić information content (AvgIpc) is 1.95. The van der Waals surface area contributed by atoms with E-state index in [-0.39, 0.29) is 6.10 Å². The molecule has 1 aliphatic rings. The largest absolute Gasteiger partial charge is 0.393 e. The molecular weight excluding hydrogens is 130 g/mol. The standard InChI is InChI=1S/C7H15NO2/c1-10-8-6-2-4-7(9)5-3-6/h6-9H,2-5H2,1H3. The maximum absolute atomic E-state index is 9.13. The van der Waals surface area contributed by atoms with Gasteiger partial charge in [0.15, 0.2) is 0 Å². The number of hydrogen-bond donors (Lipinski definition) is 2. The van der Waals surface area contributed by atoms with Crippen molar-refractivity contribution in [1.82, 2.24) is 5.48 Å². The van der Waals surface area contributed by atoms with Gasteiger partial charge in [0, 0.05) is 6.04 Å². The molecule has 1 fully saturated rings. The van der Waals surface area contributed by atoms with Gasteiger partial charge in [-0.15, -0.1) is 0 Å². The molecule has 0 aromatic rings. The van der Waals surface area contributed by atoms with Crippen molar-refractivity contribution in [2.75, 3.05) is 7.11 Å². The monoisotopic (exact) mass is 145 g/mol. The number of hydrogen-bond acceptors (Lipinski definition) is 3. The molecule has 3 nitrogen and oxygen atoms in total.